The molecule has 0 unspecified atom stereocenters. The van der Waals surface area contributed by atoms with Gasteiger partial charge in [-0.05, 0) is 84.6 Å². The molecule has 310 valence electrons. The van der Waals surface area contributed by atoms with Crippen LogP contribution in [0.25, 0.3) is 66.2 Å². The van der Waals surface area contributed by atoms with E-state index in [2.05, 4.69) is 12.7 Å². The summed E-state index contributed by atoms with van der Waals surface area (Å²) < 4.78 is 16.1. The Morgan fingerprint density at radius 3 is 1.41 bits per heavy atom. The maximum atomic E-state index is 13.0. The zero-order valence-corrected chi connectivity index (χ0v) is 34.5. The van der Waals surface area contributed by atoms with Crippen LogP contribution in [0.15, 0.2) is 152 Å². The van der Waals surface area contributed by atoms with E-state index in [1.54, 1.807) is 67.8 Å². The lowest BCUT2D eigenvalue weighted by atomic mass is 10.1. The van der Waals surface area contributed by atoms with E-state index >= 15 is 0 Å². The molecule has 0 amide bonds. The third-order valence-electron chi connectivity index (χ3n) is 10.0. The molecule has 6 aromatic carbocycles. The van der Waals surface area contributed by atoms with E-state index in [0.29, 0.717) is 89.5 Å². The average Bonchev–Trinajstić information content (AvgIpc) is 3.33. The number of nitrogens with zero attached hydrogens (tertiary/aromatic N) is 6. The predicted octanol–water partition coefficient (Wildman–Crippen LogP) is 10.2. The molecule has 12 nitrogen and oxygen atoms in total. The Hall–Kier alpha value is -8.09. The van der Waals surface area contributed by atoms with Crippen LogP contribution in [0.2, 0.25) is 0 Å². The number of aldehydes is 1. The van der Waals surface area contributed by atoms with Crippen molar-refractivity contribution >= 4 is 84.4 Å². The number of carbonyl (C=O) groups is 3. The van der Waals surface area contributed by atoms with E-state index in [9.17, 15) is 14.4 Å². The molecular formula is C51H40N6O6. The Balaban J connectivity index is 0.000000439. The maximum Gasteiger partial charge on any atom is 0.338 e. The number of allylic oxidation sites excluding steroid dienone is 4. The first kappa shape index (κ1) is 41.6. The average molecular weight is 833 g/mol. The van der Waals surface area contributed by atoms with Crippen LogP contribution in [-0.2, 0) is 27.4 Å². The lowest BCUT2D eigenvalue weighted by Crippen LogP contribution is -2.06. The minimum absolute atomic E-state index is 0.131. The van der Waals surface area contributed by atoms with Gasteiger partial charge in [-0.15, -0.1) is 0 Å². The highest BCUT2D eigenvalue weighted by Crippen LogP contribution is 2.33. The minimum Gasteiger partial charge on any atom is -0.457 e. The van der Waals surface area contributed by atoms with Crippen LogP contribution in [0.3, 0.4) is 0 Å². The summed E-state index contributed by atoms with van der Waals surface area (Å²) in [6, 6.07) is 33.9. The van der Waals surface area contributed by atoms with Crippen LogP contribution in [0, 0.1) is 0 Å². The first-order valence-corrected chi connectivity index (χ1v) is 20.1. The monoisotopic (exact) mass is 832 g/mol. The predicted molar refractivity (Wildman–Crippen MR) is 244 cm³/mol. The molecule has 0 saturated heterocycles. The van der Waals surface area contributed by atoms with Gasteiger partial charge in [0.05, 0.1) is 50.8 Å². The molecule has 0 saturated carbocycles. The normalized spacial score (nSPS) is 11.6. The topological polar surface area (TPSA) is 156 Å². The van der Waals surface area contributed by atoms with Crippen molar-refractivity contribution in [1.82, 2.24) is 29.9 Å². The molecule has 0 atom stereocenters. The van der Waals surface area contributed by atoms with Crippen molar-refractivity contribution in [3.8, 4) is 0 Å². The summed E-state index contributed by atoms with van der Waals surface area (Å²) in [7, 11) is 1.70. The zero-order chi connectivity index (χ0) is 43.7. The van der Waals surface area contributed by atoms with E-state index in [0.717, 1.165) is 23.8 Å². The van der Waals surface area contributed by atoms with Gasteiger partial charge in [-0.2, -0.15) is 0 Å². The third kappa shape index (κ3) is 9.31. The standard InChI is InChI=1S/C41H24N6O5.C10H16O/c48-20-25-11-14-28-31(17-25)45-38-36(42-28)37-34(43-29-15-12-26(18-32(29)46-37)40(49)51-21-23-7-3-1-4-8-23)35-39(38)47-33-19-27(13-16-30(33)44-35)41(50)52-22-24-9-5-2-6-10-24;1-4-6-8-10(7-5-2)9-11-3/h1-20H,21-22H2;4-7H,2,8-9H2,1,3H3/b;6-4-,10-7+. The van der Waals surface area contributed by atoms with Gasteiger partial charge in [0.25, 0.3) is 0 Å². The van der Waals surface area contributed by atoms with Crippen LogP contribution in [0.4, 0.5) is 0 Å². The van der Waals surface area contributed by atoms with E-state index in [4.69, 9.17) is 44.1 Å². The molecule has 12 heteroatoms. The fraction of sp³-hybridized carbons (Fsp3) is 0.118. The van der Waals surface area contributed by atoms with Crippen molar-refractivity contribution in [3.63, 3.8) is 0 Å². The summed E-state index contributed by atoms with van der Waals surface area (Å²) in [5, 5.41) is 0. The van der Waals surface area contributed by atoms with Crippen molar-refractivity contribution in [2.24, 2.45) is 0 Å². The number of hydrogen-bond acceptors (Lipinski definition) is 12. The summed E-state index contributed by atoms with van der Waals surface area (Å²) in [5.41, 5.74) is 9.50. The van der Waals surface area contributed by atoms with Gasteiger partial charge in [0, 0.05) is 12.7 Å². The largest absolute Gasteiger partial charge is 0.457 e. The number of benzene rings is 6. The summed E-state index contributed by atoms with van der Waals surface area (Å²) in [5.74, 6) is -0.989. The Morgan fingerprint density at radius 1 is 0.571 bits per heavy atom. The van der Waals surface area contributed by atoms with Crippen molar-refractivity contribution in [3.05, 3.63) is 180 Å². The molecule has 0 aliphatic heterocycles. The van der Waals surface area contributed by atoms with E-state index in [1.807, 2.05) is 79.7 Å². The number of rotatable bonds is 12. The van der Waals surface area contributed by atoms with Gasteiger partial charge < -0.3 is 14.2 Å². The van der Waals surface area contributed by atoms with Crippen molar-refractivity contribution in [2.45, 2.75) is 26.6 Å². The summed E-state index contributed by atoms with van der Waals surface area (Å²) in [4.78, 5) is 67.4. The zero-order valence-electron chi connectivity index (χ0n) is 34.5. The second-order valence-corrected chi connectivity index (χ2v) is 14.4. The molecule has 0 bridgehead atoms. The van der Waals surface area contributed by atoms with Crippen LogP contribution >= 0.6 is 0 Å². The first-order valence-electron chi connectivity index (χ1n) is 20.1. The van der Waals surface area contributed by atoms with Crippen LogP contribution in [0.5, 0.6) is 0 Å². The van der Waals surface area contributed by atoms with Crippen LogP contribution in [-0.4, -0.2) is 61.8 Å². The van der Waals surface area contributed by atoms with Gasteiger partial charge in [-0.3, -0.25) is 4.79 Å². The van der Waals surface area contributed by atoms with Gasteiger partial charge in [-0.1, -0.05) is 91.5 Å². The summed E-state index contributed by atoms with van der Waals surface area (Å²) in [6.45, 7) is 6.60. The second kappa shape index (κ2) is 19.1. The fourth-order valence-electron chi connectivity index (χ4n) is 6.91. The van der Waals surface area contributed by atoms with Crippen LogP contribution < -0.4 is 0 Å². The lowest BCUT2D eigenvalue weighted by molar-refractivity contribution is 0.0464. The molecular weight excluding hydrogens is 793 g/mol. The first-order chi connectivity index (χ1) is 30.8. The summed E-state index contributed by atoms with van der Waals surface area (Å²) >= 11 is 0. The number of hydrogen-bond donors (Lipinski definition) is 0. The smallest absolute Gasteiger partial charge is 0.338 e. The third-order valence-corrected chi connectivity index (χ3v) is 10.0. The number of esters is 2. The van der Waals surface area contributed by atoms with Gasteiger partial charge in [0.1, 0.15) is 52.6 Å². The van der Waals surface area contributed by atoms with Gasteiger partial charge in [-0.25, -0.2) is 39.5 Å². The molecule has 3 heterocycles. The quantitative estimate of drug-likeness (QED) is 0.0287. The highest BCUT2D eigenvalue weighted by Gasteiger charge is 2.21. The Kier molecular flexibility index (Phi) is 12.6. The SMILES string of the molecule is C=C/C=C(\C/C=C\C)COC.O=Cc1ccc2nc3c(nc2c1)c1nc2cc(C(=O)OCc4ccccc4)ccc2nc1c1nc2ccc(C(=O)OCc4ccccc4)cc2nc31. The Labute approximate surface area is 361 Å². The number of ether oxygens (including phenoxy) is 3. The fourth-order valence-corrected chi connectivity index (χ4v) is 6.91. The Bertz CT molecular complexity index is 3260. The van der Waals surface area contributed by atoms with E-state index in [1.165, 1.54) is 5.57 Å². The highest BCUT2D eigenvalue weighted by molar-refractivity contribution is 6.21. The van der Waals surface area contributed by atoms with E-state index < -0.39 is 11.9 Å². The van der Waals surface area contributed by atoms with Gasteiger partial charge in [0.15, 0.2) is 0 Å². The molecule has 0 aliphatic rings. The highest BCUT2D eigenvalue weighted by atomic mass is 16.5. The maximum absolute atomic E-state index is 13.0. The van der Waals surface area contributed by atoms with Crippen molar-refractivity contribution in [2.75, 3.05) is 13.7 Å². The molecule has 0 N–H and O–H groups in total. The number of methoxy groups -OCH3 is 1. The van der Waals surface area contributed by atoms with Gasteiger partial charge >= 0.3 is 11.9 Å². The summed E-state index contributed by atoms with van der Waals surface area (Å²) in [6.07, 6.45) is 9.62. The number of fused-ring (bicyclic) bond motifs is 9. The van der Waals surface area contributed by atoms with Gasteiger partial charge in [0.2, 0.25) is 0 Å². The van der Waals surface area contributed by atoms with Crippen molar-refractivity contribution in [1.29, 1.82) is 0 Å². The molecule has 9 rings (SSSR count). The van der Waals surface area contributed by atoms with Crippen molar-refractivity contribution < 1.29 is 28.6 Å². The molecule has 63 heavy (non-hydrogen) atoms. The molecule has 3 aromatic heterocycles. The molecule has 9 aromatic rings. The Morgan fingerprint density at radius 2 is 1.00 bits per heavy atom. The molecule has 0 fully saturated rings. The van der Waals surface area contributed by atoms with Crippen LogP contribution in [0.1, 0.15) is 55.5 Å². The van der Waals surface area contributed by atoms with E-state index in [-0.39, 0.29) is 13.2 Å². The minimum atomic E-state index is -0.496. The molecule has 0 radical (unpaired) electrons. The number of aromatic nitrogens is 6. The molecule has 0 spiro atoms. The second-order valence-electron chi connectivity index (χ2n) is 14.4. The number of carbonyl (C=O) groups excluding carboxylic acids is 3. The molecule has 0 aliphatic carbocycles. The lowest BCUT2D eigenvalue weighted by Gasteiger charge is -2.11.